The summed E-state index contributed by atoms with van der Waals surface area (Å²) in [5, 5.41) is 0. The Morgan fingerprint density at radius 3 is 0.941 bits per heavy atom. The fourth-order valence-electron chi connectivity index (χ4n) is 0.704. The minimum Gasteiger partial charge on any atom is -1.00 e. The summed E-state index contributed by atoms with van der Waals surface area (Å²) in [6, 6.07) is 0. The van der Waals surface area contributed by atoms with Crippen LogP contribution in [-0.2, 0) is 10.9 Å². The first-order valence-electron chi connectivity index (χ1n) is 3.32. The van der Waals surface area contributed by atoms with E-state index >= 15 is 0 Å². The van der Waals surface area contributed by atoms with Gasteiger partial charge in [0.2, 0.25) is 0 Å². The first-order valence-corrected chi connectivity index (χ1v) is 5.05. The van der Waals surface area contributed by atoms with Crippen molar-refractivity contribution in [1.82, 2.24) is 0 Å². The van der Waals surface area contributed by atoms with Crippen molar-refractivity contribution in [2.45, 2.75) is 0 Å². The Balaban J connectivity index is -0.0000000193. The van der Waals surface area contributed by atoms with E-state index < -0.39 is 0 Å². The fourth-order valence-corrected chi connectivity index (χ4v) is 2.11. The van der Waals surface area contributed by atoms with Crippen molar-refractivity contribution in [2.24, 2.45) is 0 Å². The number of hydrogen-bond acceptors (Lipinski definition) is 0. The lowest BCUT2D eigenvalue weighted by molar-refractivity contribution is -0.00000675. The minimum absolute atomic E-state index is 0. The molecule has 0 aliphatic heterocycles. The number of rotatable bonds is 6. The van der Waals surface area contributed by atoms with Gasteiger partial charge in [-0.25, -0.2) is 0 Å². The molecule has 0 aromatic carbocycles. The summed E-state index contributed by atoms with van der Waals surface area (Å²) in [4.78, 5) is 0. The van der Waals surface area contributed by atoms with Gasteiger partial charge < -0.3 is 4.70 Å². The van der Waals surface area contributed by atoms with Crippen molar-refractivity contribution in [1.29, 1.82) is 0 Å². The number of hydrogen-bond donors (Lipinski definition) is 0. The van der Waals surface area contributed by atoms with Crippen LogP contribution < -0.4 is 4.70 Å². The maximum atomic E-state index is 3.70. The highest BCUT2D eigenvalue weighted by Crippen LogP contribution is 1.97. The van der Waals surface area contributed by atoms with Crippen LogP contribution in [-0.4, -0.2) is 17.3 Å². The zero-order chi connectivity index (χ0) is 7.82. The third-order valence-electron chi connectivity index (χ3n) is 1.06. The zero-order valence-electron chi connectivity index (χ0n) is 9.25. The van der Waals surface area contributed by atoms with Crippen molar-refractivity contribution in [3.8, 4) is 0 Å². The van der Waals surface area contributed by atoms with Gasteiger partial charge in [0.25, 0.3) is 0 Å². The third kappa shape index (κ3) is 39.0. The predicted molar refractivity (Wildman–Crippen MR) is 72.0 cm³/mol. The topological polar surface area (TPSA) is 0 Å². The predicted octanol–water partition coefficient (Wildman–Crippen LogP) is 0.790. The summed E-state index contributed by atoms with van der Waals surface area (Å²) in [7, 11) is 0.421. The summed E-state index contributed by atoms with van der Waals surface area (Å²) >= 11 is 0. The Kier molecular flexibility index (Phi) is 145. The average Bonchev–Trinajstić information content (AvgIpc) is 1.90. The van der Waals surface area contributed by atoms with E-state index in [1.165, 1.54) is 0 Å². The molecule has 0 heterocycles. The molecule has 0 saturated heterocycles. The molecule has 0 N–H and O–H groups in total. The van der Waals surface area contributed by atoms with Crippen LogP contribution in [0.2, 0.25) is 0 Å². The second-order valence-electron chi connectivity index (χ2n) is 1.98. The Morgan fingerprint density at radius 2 is 0.824 bits per heavy atom. The molecule has 109 valence electrons. The standard InChI is InChI=1S/C9H15S.6FH.P/c1-4-7-10(8-5-2)9-6-3;;;;;;;/h4-6H,1-3,7-9H2;6*1H;/q+1;;;;;;;/p-1. The van der Waals surface area contributed by atoms with E-state index in [1.54, 1.807) is 0 Å². The normalized spacial score (nSPS) is 5.47. The van der Waals surface area contributed by atoms with Crippen molar-refractivity contribution in [2.75, 3.05) is 17.3 Å². The SMILES string of the molecule is C=CC[S+](CC=C)CC=C.F.F.F.F.F.[F-].[P]. The smallest absolute Gasteiger partial charge is 0.126 e. The highest BCUT2D eigenvalue weighted by molar-refractivity contribution is 7.97. The molecule has 0 atom stereocenters. The Labute approximate surface area is 105 Å². The first kappa shape index (κ1) is 54.7. The molecular formula is C9H20F6PS. The summed E-state index contributed by atoms with van der Waals surface area (Å²) in [6.45, 7) is 11.1. The molecule has 0 aromatic rings. The second-order valence-corrected chi connectivity index (χ2v) is 4.20. The molecule has 0 spiro atoms. The lowest BCUT2D eigenvalue weighted by Gasteiger charge is -1.98. The van der Waals surface area contributed by atoms with Gasteiger partial charge in [-0.15, -0.1) is 0 Å². The van der Waals surface area contributed by atoms with E-state index in [0.717, 1.165) is 17.3 Å². The van der Waals surface area contributed by atoms with Gasteiger partial charge in [-0.3, -0.25) is 23.5 Å². The highest BCUT2D eigenvalue weighted by atomic mass is 32.2. The van der Waals surface area contributed by atoms with Crippen molar-refractivity contribution in [3.63, 3.8) is 0 Å². The zero-order valence-corrected chi connectivity index (χ0v) is 11.0. The molecule has 3 radical (unpaired) electrons. The van der Waals surface area contributed by atoms with Gasteiger partial charge in [0, 0.05) is 9.90 Å². The van der Waals surface area contributed by atoms with Gasteiger partial charge >= 0.3 is 0 Å². The summed E-state index contributed by atoms with van der Waals surface area (Å²) in [5.74, 6) is 3.29. The van der Waals surface area contributed by atoms with Crippen LogP contribution in [0.5, 0.6) is 0 Å². The fraction of sp³-hybridized carbons (Fsp3) is 0.333. The van der Waals surface area contributed by atoms with Crippen LogP contribution in [0, 0.1) is 0 Å². The van der Waals surface area contributed by atoms with E-state index in [4.69, 9.17) is 0 Å². The van der Waals surface area contributed by atoms with Gasteiger partial charge in [-0.2, -0.15) is 0 Å². The van der Waals surface area contributed by atoms with Crippen LogP contribution in [0.15, 0.2) is 38.0 Å². The van der Waals surface area contributed by atoms with E-state index in [9.17, 15) is 0 Å². The molecule has 0 aliphatic rings. The Hall–Kier alpha value is -0.420. The average molecular weight is 305 g/mol. The molecule has 17 heavy (non-hydrogen) atoms. The van der Waals surface area contributed by atoms with Crippen LogP contribution in [0.4, 0.5) is 23.5 Å². The first-order chi connectivity index (χ1) is 4.85. The molecule has 0 aromatic heterocycles. The Morgan fingerprint density at radius 1 is 0.647 bits per heavy atom. The van der Waals surface area contributed by atoms with Crippen LogP contribution in [0.3, 0.4) is 0 Å². The van der Waals surface area contributed by atoms with Gasteiger partial charge in [-0.05, 0) is 29.1 Å². The molecule has 0 bridgehead atoms. The van der Waals surface area contributed by atoms with Crippen molar-refractivity contribution in [3.05, 3.63) is 38.0 Å². The quantitative estimate of drug-likeness (QED) is 0.295. The molecule has 0 fully saturated rings. The third-order valence-corrected chi connectivity index (χ3v) is 3.18. The van der Waals surface area contributed by atoms with Crippen LogP contribution in [0.1, 0.15) is 0 Å². The second kappa shape index (κ2) is 45.0. The molecule has 0 nitrogen and oxygen atoms in total. The monoisotopic (exact) mass is 305 g/mol. The summed E-state index contributed by atoms with van der Waals surface area (Å²) < 4.78 is 0. The number of halogens is 6. The summed E-state index contributed by atoms with van der Waals surface area (Å²) in [6.07, 6.45) is 5.91. The maximum Gasteiger partial charge on any atom is 0.126 e. The molecule has 0 aliphatic carbocycles. The van der Waals surface area contributed by atoms with Gasteiger partial charge in [0.05, 0.1) is 0 Å². The van der Waals surface area contributed by atoms with Crippen molar-refractivity contribution < 1.29 is 28.2 Å². The molecular weight excluding hydrogens is 285 g/mol. The van der Waals surface area contributed by atoms with Crippen LogP contribution >= 0.6 is 9.90 Å². The van der Waals surface area contributed by atoms with Gasteiger partial charge in [-0.1, -0.05) is 19.7 Å². The lowest BCUT2D eigenvalue weighted by atomic mass is 10.7. The van der Waals surface area contributed by atoms with Crippen LogP contribution in [0.25, 0.3) is 0 Å². The van der Waals surface area contributed by atoms with Crippen molar-refractivity contribution >= 4 is 20.8 Å². The Bertz CT molecular complexity index is 113. The van der Waals surface area contributed by atoms with E-state index in [-0.39, 0.29) is 38.1 Å². The molecule has 0 amide bonds. The largest absolute Gasteiger partial charge is 1.00 e. The highest BCUT2D eigenvalue weighted by Gasteiger charge is 2.09. The van der Waals surface area contributed by atoms with E-state index in [2.05, 4.69) is 19.7 Å². The van der Waals surface area contributed by atoms with E-state index in [1.807, 2.05) is 18.2 Å². The maximum absolute atomic E-state index is 3.70. The molecule has 8 heteroatoms. The van der Waals surface area contributed by atoms with Gasteiger partial charge in [0.1, 0.15) is 17.3 Å². The van der Waals surface area contributed by atoms with Gasteiger partial charge in [0.15, 0.2) is 0 Å². The molecule has 0 rings (SSSR count). The van der Waals surface area contributed by atoms with E-state index in [0.29, 0.717) is 10.9 Å². The molecule has 0 unspecified atom stereocenters. The lowest BCUT2D eigenvalue weighted by Crippen LogP contribution is -3.00. The molecule has 0 saturated carbocycles. The summed E-state index contributed by atoms with van der Waals surface area (Å²) in [5.41, 5.74) is 0. The minimum atomic E-state index is 0.